The van der Waals surface area contributed by atoms with Gasteiger partial charge in [-0.3, -0.25) is 0 Å². The molecular formula is C14H19N3OS. The Bertz CT molecular complexity index is 525. The fourth-order valence-electron chi connectivity index (χ4n) is 1.74. The second-order valence-corrected chi connectivity index (χ2v) is 5.42. The fraction of sp³-hybridized carbons (Fsp3) is 0.429. The summed E-state index contributed by atoms with van der Waals surface area (Å²) in [5.74, 6) is 1.27. The van der Waals surface area contributed by atoms with Gasteiger partial charge in [-0.25, -0.2) is 4.98 Å². The van der Waals surface area contributed by atoms with Crippen molar-refractivity contribution in [3.05, 3.63) is 41.2 Å². The predicted molar refractivity (Wildman–Crippen MR) is 78.5 cm³/mol. The Labute approximate surface area is 118 Å². The molecule has 5 heteroatoms. The summed E-state index contributed by atoms with van der Waals surface area (Å²) < 4.78 is 9.53. The van der Waals surface area contributed by atoms with Crippen LogP contribution in [0, 0.1) is 0 Å². The molecular weight excluding hydrogens is 258 g/mol. The molecule has 0 aliphatic rings. The first-order chi connectivity index (χ1) is 9.20. The van der Waals surface area contributed by atoms with Crippen LogP contribution in [0.15, 0.2) is 24.3 Å². The third kappa shape index (κ3) is 3.75. The molecule has 4 nitrogen and oxygen atoms in total. The molecule has 2 aromatic rings. The lowest BCUT2D eigenvalue weighted by Crippen LogP contribution is -2.03. The van der Waals surface area contributed by atoms with E-state index < -0.39 is 0 Å². The van der Waals surface area contributed by atoms with E-state index in [-0.39, 0.29) is 0 Å². The van der Waals surface area contributed by atoms with Crippen LogP contribution in [0.4, 0.5) is 5.13 Å². The van der Waals surface area contributed by atoms with Gasteiger partial charge in [0.25, 0.3) is 0 Å². The molecule has 0 unspecified atom stereocenters. The maximum Gasteiger partial charge on any atom is 0.202 e. The van der Waals surface area contributed by atoms with Crippen LogP contribution in [0.25, 0.3) is 0 Å². The average Bonchev–Trinajstić information content (AvgIpc) is 2.87. The summed E-state index contributed by atoms with van der Waals surface area (Å²) in [7, 11) is 1.71. The quantitative estimate of drug-likeness (QED) is 0.879. The van der Waals surface area contributed by atoms with Crippen LogP contribution in [0.3, 0.4) is 0 Å². The minimum absolute atomic E-state index is 0.368. The van der Waals surface area contributed by atoms with Gasteiger partial charge < -0.3 is 10.1 Å². The number of hydrogen-bond acceptors (Lipinski definition) is 5. The Balaban J connectivity index is 2.01. The van der Waals surface area contributed by atoms with Gasteiger partial charge in [0.1, 0.15) is 5.82 Å². The van der Waals surface area contributed by atoms with E-state index in [1.54, 1.807) is 7.11 Å². The number of rotatable bonds is 6. The molecule has 0 atom stereocenters. The van der Waals surface area contributed by atoms with Gasteiger partial charge in [-0.15, -0.1) is 0 Å². The normalized spacial score (nSPS) is 10.9. The predicted octanol–water partition coefficient (Wildman–Crippen LogP) is 3.42. The van der Waals surface area contributed by atoms with Crippen LogP contribution in [0.2, 0.25) is 0 Å². The number of ether oxygens (including phenoxy) is 1. The third-order valence-electron chi connectivity index (χ3n) is 2.81. The van der Waals surface area contributed by atoms with Gasteiger partial charge >= 0.3 is 0 Å². The zero-order valence-corrected chi connectivity index (χ0v) is 12.3. The van der Waals surface area contributed by atoms with Gasteiger partial charge in [0.15, 0.2) is 0 Å². The van der Waals surface area contributed by atoms with Crippen molar-refractivity contribution >= 4 is 16.7 Å². The molecule has 0 saturated heterocycles. The monoisotopic (exact) mass is 277 g/mol. The highest BCUT2D eigenvalue weighted by Gasteiger charge is 2.08. The standard InChI is InChI=1S/C14H19N3OS/c1-10(2)13-16-14(19-17-13)15-8-11-6-4-5-7-12(11)9-18-3/h4-7,10H,8-9H2,1-3H3,(H,15,16,17). The van der Waals surface area contributed by atoms with Crippen LogP contribution in [-0.2, 0) is 17.9 Å². The van der Waals surface area contributed by atoms with Crippen molar-refractivity contribution in [2.45, 2.75) is 32.9 Å². The van der Waals surface area contributed by atoms with E-state index >= 15 is 0 Å². The van der Waals surface area contributed by atoms with Crippen molar-refractivity contribution in [1.29, 1.82) is 0 Å². The van der Waals surface area contributed by atoms with Crippen LogP contribution in [-0.4, -0.2) is 16.5 Å². The molecule has 1 N–H and O–H groups in total. The largest absolute Gasteiger partial charge is 0.380 e. The summed E-state index contributed by atoms with van der Waals surface area (Å²) in [5.41, 5.74) is 2.43. The van der Waals surface area contributed by atoms with Crippen LogP contribution in [0.5, 0.6) is 0 Å². The molecule has 0 fully saturated rings. The number of nitrogens with one attached hydrogen (secondary N) is 1. The van der Waals surface area contributed by atoms with Gasteiger partial charge in [-0.2, -0.15) is 4.37 Å². The van der Waals surface area contributed by atoms with Crippen molar-refractivity contribution in [1.82, 2.24) is 9.36 Å². The van der Waals surface area contributed by atoms with Gasteiger partial charge in [0, 0.05) is 31.1 Å². The van der Waals surface area contributed by atoms with Gasteiger partial charge in [0.2, 0.25) is 5.13 Å². The van der Waals surface area contributed by atoms with Gasteiger partial charge in [-0.05, 0) is 11.1 Å². The molecule has 0 aliphatic heterocycles. The molecule has 1 heterocycles. The minimum atomic E-state index is 0.368. The molecule has 0 aliphatic carbocycles. The first kappa shape index (κ1) is 14.0. The summed E-state index contributed by atoms with van der Waals surface area (Å²) in [5, 5.41) is 4.20. The molecule has 0 spiro atoms. The Hall–Kier alpha value is -1.46. The second-order valence-electron chi connectivity index (χ2n) is 4.67. The molecule has 2 rings (SSSR count). The lowest BCUT2D eigenvalue weighted by molar-refractivity contribution is 0.184. The van der Waals surface area contributed by atoms with Gasteiger partial charge in [-0.1, -0.05) is 38.1 Å². The minimum Gasteiger partial charge on any atom is -0.380 e. The molecule has 0 radical (unpaired) electrons. The molecule has 0 amide bonds. The Morgan fingerprint density at radius 3 is 2.63 bits per heavy atom. The fourth-order valence-corrected chi connectivity index (χ4v) is 2.44. The van der Waals surface area contributed by atoms with Gasteiger partial charge in [0.05, 0.1) is 6.61 Å². The van der Waals surface area contributed by atoms with Crippen molar-refractivity contribution in [2.75, 3.05) is 12.4 Å². The van der Waals surface area contributed by atoms with E-state index in [1.807, 2.05) is 12.1 Å². The van der Waals surface area contributed by atoms with Crippen LogP contribution < -0.4 is 5.32 Å². The zero-order valence-electron chi connectivity index (χ0n) is 11.5. The maximum absolute atomic E-state index is 5.20. The summed E-state index contributed by atoms with van der Waals surface area (Å²) in [4.78, 5) is 4.47. The van der Waals surface area contributed by atoms with Crippen LogP contribution in [0.1, 0.15) is 36.7 Å². The first-order valence-electron chi connectivity index (χ1n) is 6.34. The molecule has 19 heavy (non-hydrogen) atoms. The SMILES string of the molecule is COCc1ccccc1CNc1nc(C(C)C)ns1. The van der Waals surface area contributed by atoms with E-state index in [2.05, 4.69) is 40.7 Å². The number of benzene rings is 1. The van der Waals surface area contributed by atoms with Crippen molar-refractivity contribution in [3.63, 3.8) is 0 Å². The molecule has 1 aromatic carbocycles. The molecule has 0 saturated carbocycles. The first-order valence-corrected chi connectivity index (χ1v) is 7.11. The van der Waals surface area contributed by atoms with Crippen molar-refractivity contribution < 1.29 is 4.74 Å². The maximum atomic E-state index is 5.20. The number of nitrogens with zero attached hydrogens (tertiary/aromatic N) is 2. The van der Waals surface area contributed by atoms with E-state index in [4.69, 9.17) is 4.74 Å². The van der Waals surface area contributed by atoms with Crippen LogP contribution >= 0.6 is 11.5 Å². The smallest absolute Gasteiger partial charge is 0.202 e. The summed E-state index contributed by atoms with van der Waals surface area (Å²) in [6.45, 7) is 5.57. The number of aromatic nitrogens is 2. The summed E-state index contributed by atoms with van der Waals surface area (Å²) in [6, 6.07) is 8.25. The van der Waals surface area contributed by atoms with E-state index in [1.165, 1.54) is 22.7 Å². The third-order valence-corrected chi connectivity index (χ3v) is 3.49. The highest BCUT2D eigenvalue weighted by Crippen LogP contribution is 2.19. The lowest BCUT2D eigenvalue weighted by atomic mass is 10.1. The zero-order chi connectivity index (χ0) is 13.7. The summed E-state index contributed by atoms with van der Waals surface area (Å²) >= 11 is 1.41. The number of hydrogen-bond donors (Lipinski definition) is 1. The molecule has 1 aromatic heterocycles. The lowest BCUT2D eigenvalue weighted by Gasteiger charge is -2.08. The van der Waals surface area contributed by atoms with E-state index in [9.17, 15) is 0 Å². The number of methoxy groups -OCH3 is 1. The second kappa shape index (κ2) is 6.63. The topological polar surface area (TPSA) is 47.0 Å². The van der Waals surface area contributed by atoms with E-state index in [0.717, 1.165) is 17.5 Å². The molecule has 0 bridgehead atoms. The number of anilines is 1. The summed E-state index contributed by atoms with van der Waals surface area (Å²) in [6.07, 6.45) is 0. The van der Waals surface area contributed by atoms with Crippen molar-refractivity contribution in [3.8, 4) is 0 Å². The Morgan fingerprint density at radius 1 is 1.26 bits per heavy atom. The van der Waals surface area contributed by atoms with E-state index in [0.29, 0.717) is 12.5 Å². The highest BCUT2D eigenvalue weighted by molar-refractivity contribution is 7.09. The Kier molecular flexibility index (Phi) is 4.87. The van der Waals surface area contributed by atoms with Crippen molar-refractivity contribution in [2.24, 2.45) is 0 Å². The molecule has 102 valence electrons. The average molecular weight is 277 g/mol. The highest BCUT2D eigenvalue weighted by atomic mass is 32.1. The Morgan fingerprint density at radius 2 is 2.00 bits per heavy atom.